The zero-order valence-electron chi connectivity index (χ0n) is 16.7. The minimum Gasteiger partial charge on any atom is -0.484 e. The average molecular weight is 421 g/mol. The van der Waals surface area contributed by atoms with Gasteiger partial charge >= 0.3 is 0 Å². The molecule has 1 heterocycles. The Labute approximate surface area is 176 Å². The minimum atomic E-state index is -0.244. The minimum absolute atomic E-state index is 0.0242. The zero-order valence-corrected chi connectivity index (χ0v) is 17.4. The van der Waals surface area contributed by atoms with Crippen LogP contribution in [0.15, 0.2) is 48.5 Å². The van der Waals surface area contributed by atoms with Crippen LogP contribution in [0, 0.1) is 5.82 Å². The highest BCUT2D eigenvalue weighted by Crippen LogP contribution is 2.20. The maximum Gasteiger partial charge on any atom is 0.260 e. The van der Waals surface area contributed by atoms with Gasteiger partial charge in [0.15, 0.2) is 6.61 Å². The van der Waals surface area contributed by atoms with Crippen molar-refractivity contribution in [1.82, 2.24) is 9.80 Å². The molecule has 2 atom stereocenters. The van der Waals surface area contributed by atoms with Crippen molar-refractivity contribution in [3.63, 3.8) is 0 Å². The maximum atomic E-state index is 13.2. The van der Waals surface area contributed by atoms with Crippen molar-refractivity contribution in [2.45, 2.75) is 25.6 Å². The van der Waals surface area contributed by atoms with Crippen LogP contribution in [0.4, 0.5) is 4.39 Å². The van der Waals surface area contributed by atoms with E-state index in [1.54, 1.807) is 43.5 Å². The molecule has 7 heteroatoms. The molecule has 0 N–H and O–H groups in total. The Morgan fingerprint density at radius 1 is 1.14 bits per heavy atom. The highest BCUT2D eigenvalue weighted by atomic mass is 35.5. The van der Waals surface area contributed by atoms with E-state index in [-0.39, 0.29) is 30.4 Å². The van der Waals surface area contributed by atoms with Gasteiger partial charge in [-0.3, -0.25) is 9.69 Å². The van der Waals surface area contributed by atoms with Gasteiger partial charge in [-0.25, -0.2) is 4.39 Å². The van der Waals surface area contributed by atoms with E-state index in [1.165, 1.54) is 12.1 Å². The lowest BCUT2D eigenvalue weighted by Crippen LogP contribution is -2.60. The molecule has 0 radical (unpaired) electrons. The summed E-state index contributed by atoms with van der Waals surface area (Å²) >= 11 is 5.87. The molecule has 2 aromatic carbocycles. The molecular weight excluding hydrogens is 395 g/mol. The molecule has 3 rings (SSSR count). The van der Waals surface area contributed by atoms with Crippen molar-refractivity contribution in [1.29, 1.82) is 0 Å². The third kappa shape index (κ3) is 5.92. The summed E-state index contributed by atoms with van der Waals surface area (Å²) in [5, 5.41) is 0.622. The van der Waals surface area contributed by atoms with Crippen LogP contribution in [0.3, 0.4) is 0 Å². The summed E-state index contributed by atoms with van der Waals surface area (Å²) in [6, 6.07) is 13.6. The van der Waals surface area contributed by atoms with Gasteiger partial charge in [0, 0.05) is 37.8 Å². The van der Waals surface area contributed by atoms with Crippen molar-refractivity contribution in [2.24, 2.45) is 0 Å². The van der Waals surface area contributed by atoms with Crippen LogP contribution in [-0.2, 0) is 16.1 Å². The molecule has 0 bridgehead atoms. The summed E-state index contributed by atoms with van der Waals surface area (Å²) in [4.78, 5) is 16.9. The van der Waals surface area contributed by atoms with Gasteiger partial charge in [-0.15, -0.1) is 0 Å². The van der Waals surface area contributed by atoms with Gasteiger partial charge in [0.1, 0.15) is 11.6 Å². The molecule has 1 aliphatic rings. The second-order valence-corrected chi connectivity index (χ2v) is 7.74. The molecule has 2 unspecified atom stereocenters. The van der Waals surface area contributed by atoms with E-state index in [1.807, 2.05) is 11.8 Å². The van der Waals surface area contributed by atoms with Crippen LogP contribution in [0.25, 0.3) is 0 Å². The summed E-state index contributed by atoms with van der Waals surface area (Å²) < 4.78 is 24.2. The largest absolute Gasteiger partial charge is 0.484 e. The first-order valence-corrected chi connectivity index (χ1v) is 9.99. The van der Waals surface area contributed by atoms with Gasteiger partial charge in [-0.05, 0) is 48.9 Å². The van der Waals surface area contributed by atoms with E-state index in [0.29, 0.717) is 37.0 Å². The number of hydrogen-bond donors (Lipinski definition) is 0. The summed E-state index contributed by atoms with van der Waals surface area (Å²) in [5.74, 6) is 0.306. The third-order valence-corrected chi connectivity index (χ3v) is 5.36. The normalized spacial score (nSPS) is 19.9. The van der Waals surface area contributed by atoms with E-state index >= 15 is 0 Å². The first-order valence-electron chi connectivity index (χ1n) is 9.61. The predicted molar refractivity (Wildman–Crippen MR) is 111 cm³/mol. The highest BCUT2D eigenvalue weighted by molar-refractivity contribution is 6.30. The molecule has 0 aromatic heterocycles. The number of rotatable bonds is 7. The predicted octanol–water partition coefficient (Wildman–Crippen LogP) is 3.61. The van der Waals surface area contributed by atoms with Crippen molar-refractivity contribution in [3.05, 3.63) is 64.9 Å². The molecule has 29 heavy (non-hydrogen) atoms. The van der Waals surface area contributed by atoms with E-state index < -0.39 is 0 Å². The third-order valence-electron chi connectivity index (χ3n) is 5.11. The number of ether oxygens (including phenoxy) is 2. The number of halogens is 2. The lowest BCUT2D eigenvalue weighted by Gasteiger charge is -2.45. The van der Waals surface area contributed by atoms with E-state index in [0.717, 1.165) is 5.56 Å². The number of methoxy groups -OCH3 is 1. The Kier molecular flexibility index (Phi) is 7.47. The molecule has 0 spiro atoms. The number of carbonyl (C=O) groups is 1. The lowest BCUT2D eigenvalue weighted by atomic mass is 10.1. The monoisotopic (exact) mass is 420 g/mol. The Balaban J connectivity index is 1.61. The standard InChI is InChI=1S/C22H26ClFN2O3/c1-16-11-25(12-17-3-7-19(24)8-4-17)20(14-28-2)13-26(16)22(27)15-29-21-9-5-18(23)6-10-21/h3-10,16,20H,11-15H2,1-2H3. The van der Waals surface area contributed by atoms with Crippen molar-refractivity contribution < 1.29 is 18.7 Å². The summed E-state index contributed by atoms with van der Waals surface area (Å²) in [7, 11) is 1.66. The Morgan fingerprint density at radius 3 is 2.48 bits per heavy atom. The van der Waals surface area contributed by atoms with Gasteiger partial charge in [-0.2, -0.15) is 0 Å². The Hall–Kier alpha value is -2.15. The molecule has 1 fully saturated rings. The topological polar surface area (TPSA) is 42.0 Å². The van der Waals surface area contributed by atoms with Crippen LogP contribution in [0.2, 0.25) is 5.02 Å². The number of piperazine rings is 1. The van der Waals surface area contributed by atoms with Crippen LogP contribution in [0.1, 0.15) is 12.5 Å². The molecule has 0 saturated carbocycles. The van der Waals surface area contributed by atoms with E-state index in [9.17, 15) is 9.18 Å². The quantitative estimate of drug-likeness (QED) is 0.686. The van der Waals surface area contributed by atoms with Gasteiger partial charge in [0.2, 0.25) is 0 Å². The van der Waals surface area contributed by atoms with Crippen LogP contribution in [0.5, 0.6) is 5.75 Å². The Morgan fingerprint density at radius 2 is 1.83 bits per heavy atom. The average Bonchev–Trinajstić information content (AvgIpc) is 2.71. The molecule has 0 aliphatic carbocycles. The van der Waals surface area contributed by atoms with Crippen molar-refractivity contribution >= 4 is 17.5 Å². The molecule has 5 nitrogen and oxygen atoms in total. The smallest absolute Gasteiger partial charge is 0.260 e. The SMILES string of the molecule is COCC1CN(C(=O)COc2ccc(Cl)cc2)C(C)CN1Cc1ccc(F)cc1. The summed E-state index contributed by atoms with van der Waals surface area (Å²) in [6.07, 6.45) is 0. The number of nitrogens with zero attached hydrogens (tertiary/aromatic N) is 2. The number of benzene rings is 2. The first kappa shape index (κ1) is 21.6. The summed E-state index contributed by atoms with van der Waals surface area (Å²) in [5.41, 5.74) is 1.03. The molecule has 1 aliphatic heterocycles. The second kappa shape index (κ2) is 10.1. The fraction of sp³-hybridized carbons (Fsp3) is 0.409. The Bertz CT molecular complexity index is 801. The fourth-order valence-corrected chi connectivity index (χ4v) is 3.71. The van der Waals surface area contributed by atoms with Gasteiger partial charge in [0.25, 0.3) is 5.91 Å². The van der Waals surface area contributed by atoms with Gasteiger partial charge in [0.05, 0.1) is 12.6 Å². The van der Waals surface area contributed by atoms with Crippen molar-refractivity contribution in [2.75, 3.05) is 33.4 Å². The van der Waals surface area contributed by atoms with Crippen LogP contribution < -0.4 is 4.74 Å². The summed E-state index contributed by atoms with van der Waals surface area (Å²) in [6.45, 7) is 4.46. The van der Waals surface area contributed by atoms with Gasteiger partial charge < -0.3 is 14.4 Å². The molecular formula is C22H26ClFN2O3. The van der Waals surface area contributed by atoms with Crippen LogP contribution in [-0.4, -0.2) is 61.2 Å². The van der Waals surface area contributed by atoms with Crippen molar-refractivity contribution in [3.8, 4) is 5.75 Å². The molecule has 2 aromatic rings. The van der Waals surface area contributed by atoms with E-state index in [4.69, 9.17) is 21.1 Å². The molecule has 1 amide bonds. The molecule has 156 valence electrons. The van der Waals surface area contributed by atoms with Crippen LogP contribution >= 0.6 is 11.6 Å². The lowest BCUT2D eigenvalue weighted by molar-refractivity contribution is -0.140. The fourth-order valence-electron chi connectivity index (χ4n) is 3.58. The van der Waals surface area contributed by atoms with E-state index in [2.05, 4.69) is 4.90 Å². The molecule has 1 saturated heterocycles. The number of hydrogen-bond acceptors (Lipinski definition) is 4. The highest BCUT2D eigenvalue weighted by Gasteiger charge is 2.34. The number of amides is 1. The zero-order chi connectivity index (χ0) is 20.8. The second-order valence-electron chi connectivity index (χ2n) is 7.30. The number of carbonyl (C=O) groups excluding carboxylic acids is 1. The maximum absolute atomic E-state index is 13.2. The van der Waals surface area contributed by atoms with Gasteiger partial charge in [-0.1, -0.05) is 23.7 Å². The first-order chi connectivity index (χ1) is 14.0.